The van der Waals surface area contributed by atoms with E-state index in [2.05, 4.69) is 15.9 Å². The van der Waals surface area contributed by atoms with Crippen LogP contribution in [0.25, 0.3) is 0 Å². The van der Waals surface area contributed by atoms with Crippen LogP contribution in [0, 0.1) is 0 Å². The first-order valence-corrected chi connectivity index (χ1v) is 6.85. The van der Waals surface area contributed by atoms with Crippen molar-refractivity contribution in [1.29, 1.82) is 0 Å². The number of ether oxygens (including phenoxy) is 2. The SMILES string of the molecule is COc1ccc(OC2CCCC2)c(CBr)c1. The predicted octanol–water partition coefficient (Wildman–Crippen LogP) is 3.91. The zero-order valence-electron chi connectivity index (χ0n) is 9.54. The van der Waals surface area contributed by atoms with Crippen molar-refractivity contribution in [3.63, 3.8) is 0 Å². The van der Waals surface area contributed by atoms with Gasteiger partial charge in [-0.3, -0.25) is 0 Å². The molecule has 0 spiro atoms. The van der Waals surface area contributed by atoms with Gasteiger partial charge in [-0.25, -0.2) is 0 Å². The molecule has 1 aromatic rings. The van der Waals surface area contributed by atoms with E-state index in [1.165, 1.54) is 25.7 Å². The fraction of sp³-hybridized carbons (Fsp3) is 0.538. The lowest BCUT2D eigenvalue weighted by atomic mass is 10.2. The summed E-state index contributed by atoms with van der Waals surface area (Å²) in [7, 11) is 1.69. The summed E-state index contributed by atoms with van der Waals surface area (Å²) >= 11 is 3.49. The van der Waals surface area contributed by atoms with Crippen molar-refractivity contribution in [2.45, 2.75) is 37.1 Å². The van der Waals surface area contributed by atoms with Crippen molar-refractivity contribution in [1.82, 2.24) is 0 Å². The Morgan fingerprint density at radius 1 is 1.31 bits per heavy atom. The Morgan fingerprint density at radius 2 is 2.06 bits per heavy atom. The van der Waals surface area contributed by atoms with Gasteiger partial charge in [0.1, 0.15) is 11.5 Å². The van der Waals surface area contributed by atoms with Crippen LogP contribution in [0.5, 0.6) is 11.5 Å². The highest BCUT2D eigenvalue weighted by Gasteiger charge is 2.17. The molecule has 0 saturated heterocycles. The van der Waals surface area contributed by atoms with Crippen LogP contribution in [0.15, 0.2) is 18.2 Å². The van der Waals surface area contributed by atoms with Gasteiger partial charge >= 0.3 is 0 Å². The van der Waals surface area contributed by atoms with Crippen molar-refractivity contribution in [2.75, 3.05) is 7.11 Å². The first kappa shape index (κ1) is 11.8. The molecule has 0 N–H and O–H groups in total. The lowest BCUT2D eigenvalue weighted by molar-refractivity contribution is 0.208. The fourth-order valence-electron chi connectivity index (χ4n) is 2.09. The maximum absolute atomic E-state index is 6.01. The number of rotatable bonds is 4. The minimum Gasteiger partial charge on any atom is -0.497 e. The first-order valence-electron chi connectivity index (χ1n) is 5.73. The monoisotopic (exact) mass is 284 g/mol. The van der Waals surface area contributed by atoms with Crippen LogP contribution in [-0.2, 0) is 5.33 Å². The van der Waals surface area contributed by atoms with Gasteiger partial charge in [0, 0.05) is 10.9 Å². The summed E-state index contributed by atoms with van der Waals surface area (Å²) in [6.07, 6.45) is 5.38. The molecule has 16 heavy (non-hydrogen) atoms. The lowest BCUT2D eigenvalue weighted by Gasteiger charge is -2.16. The molecular formula is C13H17BrO2. The van der Waals surface area contributed by atoms with E-state index in [0.717, 1.165) is 22.4 Å². The van der Waals surface area contributed by atoms with Crippen LogP contribution < -0.4 is 9.47 Å². The number of hydrogen-bond acceptors (Lipinski definition) is 2. The molecule has 0 heterocycles. The van der Waals surface area contributed by atoms with E-state index in [9.17, 15) is 0 Å². The minimum atomic E-state index is 0.409. The molecule has 2 rings (SSSR count). The van der Waals surface area contributed by atoms with Gasteiger partial charge in [-0.1, -0.05) is 15.9 Å². The second kappa shape index (κ2) is 5.58. The Hall–Kier alpha value is -0.700. The molecule has 0 atom stereocenters. The molecule has 1 aromatic carbocycles. The van der Waals surface area contributed by atoms with E-state index in [0.29, 0.717) is 6.10 Å². The van der Waals surface area contributed by atoms with E-state index in [1.54, 1.807) is 7.11 Å². The third-order valence-electron chi connectivity index (χ3n) is 3.01. The second-order valence-electron chi connectivity index (χ2n) is 4.13. The van der Waals surface area contributed by atoms with Gasteiger partial charge in [0.25, 0.3) is 0 Å². The number of benzene rings is 1. The zero-order chi connectivity index (χ0) is 11.4. The van der Waals surface area contributed by atoms with Crippen LogP contribution in [0.3, 0.4) is 0 Å². The third kappa shape index (κ3) is 2.70. The Labute approximate surface area is 105 Å². The van der Waals surface area contributed by atoms with Gasteiger partial charge in [0.2, 0.25) is 0 Å². The first-order chi connectivity index (χ1) is 7.83. The van der Waals surface area contributed by atoms with Crippen LogP contribution in [0.4, 0.5) is 0 Å². The van der Waals surface area contributed by atoms with Gasteiger partial charge < -0.3 is 9.47 Å². The Morgan fingerprint density at radius 3 is 2.69 bits per heavy atom. The molecule has 0 amide bonds. The zero-order valence-corrected chi connectivity index (χ0v) is 11.1. The topological polar surface area (TPSA) is 18.5 Å². The van der Waals surface area contributed by atoms with Gasteiger partial charge in [-0.05, 0) is 43.9 Å². The van der Waals surface area contributed by atoms with Gasteiger partial charge in [-0.2, -0.15) is 0 Å². The van der Waals surface area contributed by atoms with E-state index in [-0.39, 0.29) is 0 Å². The predicted molar refractivity (Wildman–Crippen MR) is 68.5 cm³/mol. The summed E-state index contributed by atoms with van der Waals surface area (Å²) in [5.41, 5.74) is 1.16. The molecule has 2 nitrogen and oxygen atoms in total. The van der Waals surface area contributed by atoms with E-state index in [4.69, 9.17) is 9.47 Å². The van der Waals surface area contributed by atoms with E-state index in [1.807, 2.05) is 18.2 Å². The molecule has 0 aliphatic heterocycles. The molecule has 1 aliphatic rings. The fourth-order valence-corrected chi connectivity index (χ4v) is 2.53. The maximum Gasteiger partial charge on any atom is 0.124 e. The quantitative estimate of drug-likeness (QED) is 0.781. The van der Waals surface area contributed by atoms with Crippen molar-refractivity contribution in [3.8, 4) is 11.5 Å². The molecule has 1 fully saturated rings. The third-order valence-corrected chi connectivity index (χ3v) is 3.61. The van der Waals surface area contributed by atoms with Crippen molar-refractivity contribution >= 4 is 15.9 Å². The molecule has 88 valence electrons. The van der Waals surface area contributed by atoms with Crippen LogP contribution in [0.1, 0.15) is 31.2 Å². The van der Waals surface area contributed by atoms with E-state index >= 15 is 0 Å². The molecule has 0 bridgehead atoms. The number of methoxy groups -OCH3 is 1. The van der Waals surface area contributed by atoms with Gasteiger partial charge in [0.05, 0.1) is 13.2 Å². The molecular weight excluding hydrogens is 268 g/mol. The largest absolute Gasteiger partial charge is 0.497 e. The lowest BCUT2D eigenvalue weighted by Crippen LogP contribution is -2.11. The van der Waals surface area contributed by atoms with Crippen molar-refractivity contribution in [2.24, 2.45) is 0 Å². The summed E-state index contributed by atoms with van der Waals surface area (Å²) in [6, 6.07) is 5.99. The van der Waals surface area contributed by atoms with Crippen molar-refractivity contribution < 1.29 is 9.47 Å². The Kier molecular flexibility index (Phi) is 4.10. The summed E-state index contributed by atoms with van der Waals surface area (Å²) in [6.45, 7) is 0. The molecule has 0 unspecified atom stereocenters. The standard InChI is InChI=1S/C13H17BrO2/c1-15-12-6-7-13(10(8-12)9-14)16-11-4-2-3-5-11/h6-8,11H,2-5,9H2,1H3. The smallest absolute Gasteiger partial charge is 0.124 e. The maximum atomic E-state index is 6.01. The van der Waals surface area contributed by atoms with Crippen LogP contribution >= 0.6 is 15.9 Å². The van der Waals surface area contributed by atoms with E-state index < -0.39 is 0 Å². The Balaban J connectivity index is 2.12. The molecule has 1 aliphatic carbocycles. The second-order valence-corrected chi connectivity index (χ2v) is 4.69. The normalized spacial score (nSPS) is 16.4. The Bertz CT molecular complexity index is 346. The molecule has 0 aromatic heterocycles. The van der Waals surface area contributed by atoms with Crippen LogP contribution in [-0.4, -0.2) is 13.2 Å². The van der Waals surface area contributed by atoms with Gasteiger partial charge in [-0.15, -0.1) is 0 Å². The summed E-state index contributed by atoms with van der Waals surface area (Å²) in [5, 5.41) is 0.798. The summed E-state index contributed by atoms with van der Waals surface area (Å²) < 4.78 is 11.2. The highest BCUT2D eigenvalue weighted by molar-refractivity contribution is 9.08. The highest BCUT2D eigenvalue weighted by atomic mass is 79.9. The molecule has 0 radical (unpaired) electrons. The molecule has 1 saturated carbocycles. The minimum absolute atomic E-state index is 0.409. The highest BCUT2D eigenvalue weighted by Crippen LogP contribution is 2.30. The number of hydrogen-bond donors (Lipinski definition) is 0. The van der Waals surface area contributed by atoms with Gasteiger partial charge in [0.15, 0.2) is 0 Å². The number of halogens is 1. The van der Waals surface area contributed by atoms with Crippen molar-refractivity contribution in [3.05, 3.63) is 23.8 Å². The van der Waals surface area contributed by atoms with Crippen LogP contribution in [0.2, 0.25) is 0 Å². The molecule has 3 heteroatoms. The summed E-state index contributed by atoms with van der Waals surface area (Å²) in [4.78, 5) is 0. The number of alkyl halides is 1. The summed E-state index contributed by atoms with van der Waals surface area (Å²) in [5.74, 6) is 1.87. The average Bonchev–Trinajstić information content (AvgIpc) is 2.82. The average molecular weight is 285 g/mol.